The van der Waals surface area contributed by atoms with E-state index in [1.807, 2.05) is 26.0 Å². The number of nitrogens with one attached hydrogen (secondary N) is 2. The lowest BCUT2D eigenvalue weighted by molar-refractivity contribution is -0.115. The van der Waals surface area contributed by atoms with Gasteiger partial charge in [0.2, 0.25) is 5.91 Å². The number of hydrogen-bond donors (Lipinski definition) is 2. The van der Waals surface area contributed by atoms with Crippen molar-refractivity contribution in [3.05, 3.63) is 59.2 Å². The molecule has 1 heterocycles. The minimum atomic E-state index is -0.696. The van der Waals surface area contributed by atoms with E-state index in [4.69, 9.17) is 18.9 Å². The van der Waals surface area contributed by atoms with Gasteiger partial charge in [0.05, 0.1) is 31.0 Å². The van der Waals surface area contributed by atoms with Crippen LogP contribution < -0.4 is 24.8 Å². The molecule has 9 heteroatoms. The fourth-order valence-corrected chi connectivity index (χ4v) is 3.65. The highest BCUT2D eigenvalue weighted by Gasteiger charge is 2.27. The number of rotatable bonds is 8. The normalized spacial score (nSPS) is 13.8. The van der Waals surface area contributed by atoms with E-state index in [0.29, 0.717) is 39.6 Å². The van der Waals surface area contributed by atoms with Crippen LogP contribution in [0.25, 0.3) is 12.2 Å². The van der Waals surface area contributed by atoms with Crippen LogP contribution in [0, 0.1) is 0 Å². The molecular weight excluding hydrogens is 488 g/mol. The smallest absolute Gasteiger partial charge is 0.408 e. The molecule has 1 aliphatic heterocycles. The molecule has 0 bridgehead atoms. The van der Waals surface area contributed by atoms with Crippen molar-refractivity contribution >= 4 is 35.6 Å². The second-order valence-electron chi connectivity index (χ2n) is 10.2. The Kier molecular flexibility index (Phi) is 8.50. The summed E-state index contributed by atoms with van der Waals surface area (Å²) >= 11 is 0. The van der Waals surface area contributed by atoms with E-state index < -0.39 is 23.2 Å². The number of amides is 2. The van der Waals surface area contributed by atoms with Gasteiger partial charge in [-0.2, -0.15) is 0 Å². The van der Waals surface area contributed by atoms with E-state index in [-0.39, 0.29) is 12.3 Å². The van der Waals surface area contributed by atoms with Crippen LogP contribution in [-0.2, 0) is 9.53 Å². The van der Waals surface area contributed by atoms with Gasteiger partial charge >= 0.3 is 6.09 Å². The number of ether oxygens (including phenoxy) is 4. The average Bonchev–Trinajstić information content (AvgIpc) is 2.83. The molecule has 2 aromatic carbocycles. The summed E-state index contributed by atoms with van der Waals surface area (Å²) in [6.45, 7) is 8.73. The van der Waals surface area contributed by atoms with Gasteiger partial charge in [0.1, 0.15) is 35.0 Å². The fraction of sp³-hybridized carbons (Fsp3) is 0.345. The zero-order valence-electron chi connectivity index (χ0n) is 22.8. The van der Waals surface area contributed by atoms with E-state index in [0.717, 1.165) is 0 Å². The zero-order valence-corrected chi connectivity index (χ0v) is 22.8. The standard InChI is InChI=1S/C29H34N2O7/c1-28(2,3)38-27(34)30-17-25(33)31-21-16-18(9-12-24(21)36-7)8-11-22(32)19-10-13-23(35-6)20-14-15-29(4,5)37-26(19)20/h8-16H,17H2,1-7H3,(H,30,34)(H,31,33)/b11-8+. The van der Waals surface area contributed by atoms with E-state index in [1.165, 1.54) is 13.2 Å². The lowest BCUT2D eigenvalue weighted by atomic mass is 9.97. The summed E-state index contributed by atoms with van der Waals surface area (Å²) in [5.41, 5.74) is 0.907. The number of carbonyl (C=O) groups is 3. The topological polar surface area (TPSA) is 112 Å². The number of alkyl carbamates (subject to hydrolysis) is 1. The molecule has 0 radical (unpaired) electrons. The Bertz CT molecular complexity index is 1290. The minimum Gasteiger partial charge on any atom is -0.496 e. The molecule has 0 aromatic heterocycles. The number of ketones is 1. The van der Waals surface area contributed by atoms with Crippen LogP contribution in [0.5, 0.6) is 17.2 Å². The Morgan fingerprint density at radius 2 is 1.71 bits per heavy atom. The molecule has 0 aliphatic carbocycles. The van der Waals surface area contributed by atoms with Gasteiger partial charge in [-0.1, -0.05) is 12.1 Å². The summed E-state index contributed by atoms with van der Waals surface area (Å²) in [6.07, 6.45) is 6.19. The first-order valence-electron chi connectivity index (χ1n) is 12.1. The van der Waals surface area contributed by atoms with Gasteiger partial charge in [0, 0.05) is 0 Å². The zero-order chi connectivity index (χ0) is 28.1. The van der Waals surface area contributed by atoms with Crippen LogP contribution in [0.3, 0.4) is 0 Å². The first kappa shape index (κ1) is 28.3. The molecule has 2 amide bonds. The third-order valence-electron chi connectivity index (χ3n) is 5.37. The number of hydrogen-bond acceptors (Lipinski definition) is 7. The van der Waals surface area contributed by atoms with Gasteiger partial charge in [0.15, 0.2) is 5.78 Å². The van der Waals surface area contributed by atoms with Crippen LogP contribution in [-0.4, -0.2) is 49.8 Å². The predicted molar refractivity (Wildman–Crippen MR) is 146 cm³/mol. The van der Waals surface area contributed by atoms with Gasteiger partial charge in [-0.25, -0.2) is 4.79 Å². The monoisotopic (exact) mass is 522 g/mol. The molecule has 202 valence electrons. The molecule has 9 nitrogen and oxygen atoms in total. The molecule has 0 unspecified atom stereocenters. The van der Waals surface area contributed by atoms with Crippen molar-refractivity contribution in [2.24, 2.45) is 0 Å². The Hall–Kier alpha value is -4.27. The maximum atomic E-state index is 13.2. The van der Waals surface area contributed by atoms with Crippen LogP contribution in [0.4, 0.5) is 10.5 Å². The highest BCUT2D eigenvalue weighted by Crippen LogP contribution is 2.40. The van der Waals surface area contributed by atoms with Gasteiger partial charge in [-0.05, 0) is 82.7 Å². The Morgan fingerprint density at radius 3 is 2.37 bits per heavy atom. The van der Waals surface area contributed by atoms with E-state index >= 15 is 0 Å². The highest BCUT2D eigenvalue weighted by atomic mass is 16.6. The fourth-order valence-electron chi connectivity index (χ4n) is 3.65. The number of allylic oxidation sites excluding steroid dienone is 1. The predicted octanol–water partition coefficient (Wildman–Crippen LogP) is 5.25. The van der Waals surface area contributed by atoms with E-state index in [1.54, 1.807) is 64.3 Å². The van der Waals surface area contributed by atoms with E-state index in [2.05, 4.69) is 10.6 Å². The SMILES string of the molecule is COc1ccc(/C=C/C(=O)c2ccc(OC)c3c2OC(C)(C)C=C3)cc1NC(=O)CNC(=O)OC(C)(C)C. The highest BCUT2D eigenvalue weighted by molar-refractivity contribution is 6.09. The largest absolute Gasteiger partial charge is 0.496 e. The van der Waals surface area contributed by atoms with Crippen molar-refractivity contribution in [1.29, 1.82) is 0 Å². The molecule has 2 N–H and O–H groups in total. The van der Waals surface area contributed by atoms with E-state index in [9.17, 15) is 14.4 Å². The quantitative estimate of drug-likeness (QED) is 0.360. The van der Waals surface area contributed by atoms with Gasteiger partial charge in [-0.15, -0.1) is 0 Å². The van der Waals surface area contributed by atoms with Gasteiger partial charge in [0.25, 0.3) is 0 Å². The number of anilines is 1. The summed E-state index contributed by atoms with van der Waals surface area (Å²) in [7, 11) is 3.05. The van der Waals surface area contributed by atoms with Crippen molar-refractivity contribution in [2.75, 3.05) is 26.1 Å². The van der Waals surface area contributed by atoms with Crippen LogP contribution in [0.2, 0.25) is 0 Å². The lowest BCUT2D eigenvalue weighted by Gasteiger charge is -2.29. The summed E-state index contributed by atoms with van der Waals surface area (Å²) in [6, 6.07) is 8.50. The van der Waals surface area contributed by atoms with Crippen LogP contribution >= 0.6 is 0 Å². The lowest BCUT2D eigenvalue weighted by Crippen LogP contribution is -2.37. The number of benzene rings is 2. The maximum absolute atomic E-state index is 13.2. The molecule has 1 aliphatic rings. The number of methoxy groups -OCH3 is 2. The van der Waals surface area contributed by atoms with Crippen molar-refractivity contribution < 1.29 is 33.3 Å². The van der Waals surface area contributed by atoms with Crippen LogP contribution in [0.15, 0.2) is 42.5 Å². The molecular formula is C29H34N2O7. The minimum absolute atomic E-state index is 0.252. The summed E-state index contributed by atoms with van der Waals surface area (Å²) in [5, 5.41) is 5.12. The van der Waals surface area contributed by atoms with Gasteiger partial charge in [-0.3, -0.25) is 9.59 Å². The van der Waals surface area contributed by atoms with Crippen molar-refractivity contribution in [3.63, 3.8) is 0 Å². The number of carbonyl (C=O) groups excluding carboxylic acids is 3. The molecule has 38 heavy (non-hydrogen) atoms. The second-order valence-corrected chi connectivity index (χ2v) is 10.2. The van der Waals surface area contributed by atoms with Crippen molar-refractivity contribution in [2.45, 2.75) is 45.8 Å². The molecule has 0 spiro atoms. The molecule has 2 aromatic rings. The summed E-state index contributed by atoms with van der Waals surface area (Å²) in [4.78, 5) is 37.4. The molecule has 0 saturated carbocycles. The Labute approximate surface area is 222 Å². The van der Waals surface area contributed by atoms with Crippen molar-refractivity contribution in [3.8, 4) is 17.2 Å². The average molecular weight is 523 g/mol. The third-order valence-corrected chi connectivity index (χ3v) is 5.37. The molecule has 0 saturated heterocycles. The van der Waals surface area contributed by atoms with Gasteiger partial charge < -0.3 is 29.6 Å². The summed E-state index contributed by atoms with van der Waals surface area (Å²) in [5.74, 6) is 0.781. The first-order chi connectivity index (χ1) is 17.8. The Balaban J connectivity index is 1.76. The molecule has 3 rings (SSSR count). The maximum Gasteiger partial charge on any atom is 0.408 e. The summed E-state index contributed by atoms with van der Waals surface area (Å²) < 4.78 is 22.0. The first-order valence-corrected chi connectivity index (χ1v) is 12.1. The Morgan fingerprint density at radius 1 is 1.03 bits per heavy atom. The van der Waals surface area contributed by atoms with Crippen LogP contribution in [0.1, 0.15) is 56.1 Å². The van der Waals surface area contributed by atoms with Crippen molar-refractivity contribution in [1.82, 2.24) is 5.32 Å². The molecule has 0 fully saturated rings. The second kappa shape index (κ2) is 11.4. The third kappa shape index (κ3) is 7.38. The molecule has 0 atom stereocenters. The number of fused-ring (bicyclic) bond motifs is 1.